The Morgan fingerprint density at radius 1 is 1.35 bits per heavy atom. The van der Waals surface area contributed by atoms with Crippen molar-refractivity contribution in [2.45, 2.75) is 6.54 Å². The highest BCUT2D eigenvalue weighted by atomic mass is 16.4. The first-order chi connectivity index (χ1) is 9.69. The lowest BCUT2D eigenvalue weighted by Crippen LogP contribution is -2.29. The molecule has 3 N–H and O–H groups in total. The Hall–Kier alpha value is -2.87. The molecule has 0 aliphatic carbocycles. The van der Waals surface area contributed by atoms with E-state index in [9.17, 15) is 9.59 Å². The van der Waals surface area contributed by atoms with E-state index in [1.807, 2.05) is 5.43 Å². The lowest BCUT2D eigenvalue weighted by atomic mass is 10.4. The molecule has 3 rings (SSSR count). The number of rotatable bonds is 3. The van der Waals surface area contributed by atoms with Crippen LogP contribution in [-0.2, 0) is 6.54 Å². The Bertz CT molecular complexity index is 829. The van der Waals surface area contributed by atoms with Gasteiger partial charge in [0.05, 0.1) is 12.7 Å². The first-order valence-corrected chi connectivity index (χ1v) is 5.81. The lowest BCUT2D eigenvalue weighted by molar-refractivity contribution is 0.0924. The fourth-order valence-electron chi connectivity index (χ4n) is 1.91. The number of carbonyl (C=O) groups excluding carboxylic acids is 1. The van der Waals surface area contributed by atoms with Crippen LogP contribution in [0.4, 0.5) is 0 Å². The molecule has 0 radical (unpaired) electrons. The number of nitrogens with two attached hydrogens (primary N) is 1. The van der Waals surface area contributed by atoms with Crippen molar-refractivity contribution in [2.75, 3.05) is 0 Å². The number of hydrogen-bond donors (Lipinski definition) is 2. The Balaban J connectivity index is 1.93. The van der Waals surface area contributed by atoms with Gasteiger partial charge >= 0.3 is 5.91 Å². The second-order valence-electron chi connectivity index (χ2n) is 4.13. The smallest absolute Gasteiger partial charge is 0.300 e. The van der Waals surface area contributed by atoms with Gasteiger partial charge in [-0.05, 0) is 18.2 Å². The average molecular weight is 273 g/mol. The molecule has 1 amide bonds. The fourth-order valence-corrected chi connectivity index (χ4v) is 1.91. The molecule has 8 heteroatoms. The average Bonchev–Trinajstić information content (AvgIpc) is 3.10. The van der Waals surface area contributed by atoms with Crippen molar-refractivity contribution in [3.63, 3.8) is 0 Å². The Kier molecular flexibility index (Phi) is 2.84. The number of fused-ring (bicyclic) bond motifs is 1. The first-order valence-electron chi connectivity index (χ1n) is 5.81. The third-order valence-electron chi connectivity index (χ3n) is 2.88. The van der Waals surface area contributed by atoms with Crippen LogP contribution in [0, 0.1) is 0 Å². The van der Waals surface area contributed by atoms with Crippen LogP contribution in [0.25, 0.3) is 5.52 Å². The standard InChI is InChI=1S/C12H11N5O3/c13-15-11(18)10-2-1-8(20-10)7-16-5-6-17-9(12(16)19)3-4-14-17/h1-6H,7,13H2,(H,15,18). The van der Waals surface area contributed by atoms with Crippen molar-refractivity contribution < 1.29 is 9.21 Å². The van der Waals surface area contributed by atoms with E-state index in [1.165, 1.54) is 15.1 Å². The molecular weight excluding hydrogens is 262 g/mol. The summed E-state index contributed by atoms with van der Waals surface area (Å²) in [4.78, 5) is 23.4. The molecule has 102 valence electrons. The van der Waals surface area contributed by atoms with Crippen molar-refractivity contribution in [3.05, 3.63) is 58.7 Å². The van der Waals surface area contributed by atoms with Crippen LogP contribution in [-0.4, -0.2) is 20.1 Å². The Labute approximate surface area is 112 Å². The van der Waals surface area contributed by atoms with Crippen LogP contribution in [0.15, 0.2) is 46.0 Å². The normalized spacial score (nSPS) is 10.8. The minimum atomic E-state index is -0.519. The maximum absolute atomic E-state index is 12.2. The minimum Gasteiger partial charge on any atom is -0.454 e. The van der Waals surface area contributed by atoms with Gasteiger partial charge in [0.2, 0.25) is 0 Å². The molecular formula is C12H11N5O3. The number of amides is 1. The van der Waals surface area contributed by atoms with Crippen LogP contribution in [0.5, 0.6) is 0 Å². The monoisotopic (exact) mass is 273 g/mol. The van der Waals surface area contributed by atoms with Crippen molar-refractivity contribution in [2.24, 2.45) is 5.84 Å². The molecule has 0 bridgehead atoms. The zero-order valence-electron chi connectivity index (χ0n) is 10.3. The van der Waals surface area contributed by atoms with E-state index in [2.05, 4.69) is 5.10 Å². The summed E-state index contributed by atoms with van der Waals surface area (Å²) in [5.41, 5.74) is 2.26. The summed E-state index contributed by atoms with van der Waals surface area (Å²) >= 11 is 0. The summed E-state index contributed by atoms with van der Waals surface area (Å²) in [6.45, 7) is 0.221. The van der Waals surface area contributed by atoms with E-state index < -0.39 is 5.91 Å². The van der Waals surface area contributed by atoms with Crippen molar-refractivity contribution in [1.82, 2.24) is 19.6 Å². The van der Waals surface area contributed by atoms with Gasteiger partial charge < -0.3 is 8.98 Å². The van der Waals surface area contributed by atoms with Crippen LogP contribution in [0.2, 0.25) is 0 Å². The summed E-state index contributed by atoms with van der Waals surface area (Å²) in [5, 5.41) is 3.98. The van der Waals surface area contributed by atoms with Crippen LogP contribution >= 0.6 is 0 Å². The largest absolute Gasteiger partial charge is 0.454 e. The lowest BCUT2D eigenvalue weighted by Gasteiger charge is -2.03. The molecule has 8 nitrogen and oxygen atoms in total. The van der Waals surface area contributed by atoms with Gasteiger partial charge in [-0.15, -0.1) is 0 Å². The number of carbonyl (C=O) groups is 1. The zero-order chi connectivity index (χ0) is 14.1. The van der Waals surface area contributed by atoms with E-state index in [4.69, 9.17) is 10.3 Å². The zero-order valence-corrected chi connectivity index (χ0v) is 10.3. The number of nitrogens with one attached hydrogen (secondary N) is 1. The van der Waals surface area contributed by atoms with E-state index in [0.29, 0.717) is 11.3 Å². The van der Waals surface area contributed by atoms with E-state index in [-0.39, 0.29) is 17.9 Å². The SMILES string of the molecule is NNC(=O)c1ccc(Cn2ccn3nccc3c2=O)o1. The predicted molar refractivity (Wildman–Crippen MR) is 68.9 cm³/mol. The summed E-state index contributed by atoms with van der Waals surface area (Å²) in [7, 11) is 0. The Morgan fingerprint density at radius 2 is 2.20 bits per heavy atom. The minimum absolute atomic E-state index is 0.0981. The summed E-state index contributed by atoms with van der Waals surface area (Å²) < 4.78 is 8.28. The van der Waals surface area contributed by atoms with Gasteiger partial charge in [0.1, 0.15) is 11.3 Å². The van der Waals surface area contributed by atoms with Gasteiger partial charge in [-0.25, -0.2) is 10.4 Å². The van der Waals surface area contributed by atoms with Gasteiger partial charge in [-0.3, -0.25) is 15.0 Å². The molecule has 3 aromatic rings. The first kappa shape index (κ1) is 12.2. The van der Waals surface area contributed by atoms with Crippen LogP contribution < -0.4 is 16.8 Å². The quantitative estimate of drug-likeness (QED) is 0.388. The summed E-state index contributed by atoms with van der Waals surface area (Å²) in [6, 6.07) is 4.76. The van der Waals surface area contributed by atoms with Gasteiger partial charge in [0, 0.05) is 12.4 Å². The maximum atomic E-state index is 12.2. The van der Waals surface area contributed by atoms with Gasteiger partial charge in [-0.2, -0.15) is 5.10 Å². The highest BCUT2D eigenvalue weighted by molar-refractivity contribution is 5.90. The van der Waals surface area contributed by atoms with Crippen LogP contribution in [0.1, 0.15) is 16.3 Å². The number of hydrogen-bond acceptors (Lipinski definition) is 5. The van der Waals surface area contributed by atoms with E-state index in [0.717, 1.165) is 0 Å². The molecule has 0 aliphatic heterocycles. The van der Waals surface area contributed by atoms with Gasteiger partial charge in [-0.1, -0.05) is 0 Å². The molecule has 0 saturated heterocycles. The van der Waals surface area contributed by atoms with Gasteiger partial charge in [0.15, 0.2) is 5.76 Å². The molecule has 0 aromatic carbocycles. The van der Waals surface area contributed by atoms with Crippen molar-refractivity contribution >= 4 is 11.4 Å². The van der Waals surface area contributed by atoms with Crippen molar-refractivity contribution in [1.29, 1.82) is 0 Å². The highest BCUT2D eigenvalue weighted by Gasteiger charge is 2.11. The third kappa shape index (κ3) is 1.97. The molecule has 20 heavy (non-hydrogen) atoms. The fraction of sp³-hybridized carbons (Fsp3) is 0.0833. The number of aromatic nitrogens is 3. The molecule has 0 aliphatic rings. The maximum Gasteiger partial charge on any atom is 0.300 e. The topological polar surface area (TPSA) is 108 Å². The molecule has 0 unspecified atom stereocenters. The Morgan fingerprint density at radius 3 is 3.00 bits per heavy atom. The predicted octanol–water partition coefficient (Wildman–Crippen LogP) is -0.259. The molecule has 3 aromatic heterocycles. The van der Waals surface area contributed by atoms with Crippen LogP contribution in [0.3, 0.4) is 0 Å². The van der Waals surface area contributed by atoms with E-state index in [1.54, 1.807) is 30.7 Å². The van der Waals surface area contributed by atoms with Gasteiger partial charge in [0.25, 0.3) is 5.56 Å². The molecule has 0 atom stereocenters. The molecule has 0 fully saturated rings. The molecule has 3 heterocycles. The summed E-state index contributed by atoms with van der Waals surface area (Å²) in [6.07, 6.45) is 4.83. The highest BCUT2D eigenvalue weighted by Crippen LogP contribution is 2.09. The second kappa shape index (κ2) is 4.67. The summed E-state index contributed by atoms with van der Waals surface area (Å²) in [5.74, 6) is 5.08. The van der Waals surface area contributed by atoms with Crippen molar-refractivity contribution in [3.8, 4) is 0 Å². The molecule has 0 spiro atoms. The number of hydrazine groups is 1. The van der Waals surface area contributed by atoms with E-state index >= 15 is 0 Å². The second-order valence-corrected chi connectivity index (χ2v) is 4.13. The third-order valence-corrected chi connectivity index (χ3v) is 2.88. The molecule has 0 saturated carbocycles. The number of nitrogens with zero attached hydrogens (tertiary/aromatic N) is 3. The number of furan rings is 1. The number of nitrogen functional groups attached to an aromatic ring is 1.